The molecule has 102 valence electrons. The number of carbonyl (C=O) groups is 1. The molecule has 3 rings (SSSR count). The predicted molar refractivity (Wildman–Crippen MR) is 77.0 cm³/mol. The minimum atomic E-state index is 0.394. The molecule has 1 amide bonds. The first kappa shape index (κ1) is 12.7. The topological polar surface area (TPSA) is 20.3 Å². The smallest absolute Gasteiger partial charge is 0.222 e. The lowest BCUT2D eigenvalue weighted by atomic mass is 9.99. The maximum absolute atomic E-state index is 12.3. The zero-order valence-electron chi connectivity index (χ0n) is 11.6. The maximum atomic E-state index is 12.3. The zero-order valence-corrected chi connectivity index (χ0v) is 11.6. The van der Waals surface area contributed by atoms with Crippen LogP contribution in [0.1, 0.15) is 50.0 Å². The Bertz CT molecular complexity index is 422. The summed E-state index contributed by atoms with van der Waals surface area (Å²) in [6.45, 7) is 1.88. The van der Waals surface area contributed by atoms with E-state index in [1.54, 1.807) is 0 Å². The summed E-state index contributed by atoms with van der Waals surface area (Å²) >= 11 is 0. The number of nitrogens with zero attached hydrogens (tertiary/aromatic N) is 1. The average Bonchev–Trinajstić information content (AvgIpc) is 3.10. The van der Waals surface area contributed by atoms with Gasteiger partial charge >= 0.3 is 0 Å². The fourth-order valence-electron chi connectivity index (χ4n) is 3.57. The van der Waals surface area contributed by atoms with Gasteiger partial charge in [0.2, 0.25) is 5.91 Å². The lowest BCUT2D eigenvalue weighted by molar-refractivity contribution is -0.131. The van der Waals surface area contributed by atoms with Gasteiger partial charge in [0.15, 0.2) is 0 Å². The molecule has 2 fully saturated rings. The van der Waals surface area contributed by atoms with E-state index in [1.165, 1.54) is 31.2 Å². The van der Waals surface area contributed by atoms with Gasteiger partial charge in [0.25, 0.3) is 0 Å². The molecule has 1 saturated carbocycles. The minimum Gasteiger partial charge on any atom is -0.342 e. The minimum absolute atomic E-state index is 0.394. The van der Waals surface area contributed by atoms with Crippen molar-refractivity contribution >= 4 is 5.91 Å². The SMILES string of the molecule is O=C(CC1CCCC1)N1CCC(c2ccccc2)C1. The fourth-order valence-corrected chi connectivity index (χ4v) is 3.57. The first-order valence-corrected chi connectivity index (χ1v) is 7.65. The van der Waals surface area contributed by atoms with Crippen LogP contribution in [-0.2, 0) is 4.79 Å². The summed E-state index contributed by atoms with van der Waals surface area (Å²) in [6, 6.07) is 10.6. The van der Waals surface area contributed by atoms with Gasteiger partial charge in [-0.1, -0.05) is 43.2 Å². The van der Waals surface area contributed by atoms with Gasteiger partial charge in [0.1, 0.15) is 0 Å². The van der Waals surface area contributed by atoms with Crippen molar-refractivity contribution in [3.05, 3.63) is 35.9 Å². The highest BCUT2D eigenvalue weighted by molar-refractivity contribution is 5.76. The van der Waals surface area contributed by atoms with Gasteiger partial charge < -0.3 is 4.90 Å². The van der Waals surface area contributed by atoms with Crippen LogP contribution in [0.5, 0.6) is 0 Å². The standard InChI is InChI=1S/C17H23NO/c19-17(12-14-6-4-5-7-14)18-11-10-16(13-18)15-8-2-1-3-9-15/h1-3,8-9,14,16H,4-7,10-13H2. The van der Waals surface area contributed by atoms with Crippen molar-refractivity contribution < 1.29 is 4.79 Å². The van der Waals surface area contributed by atoms with Crippen molar-refractivity contribution in [1.82, 2.24) is 4.90 Å². The summed E-state index contributed by atoms with van der Waals surface area (Å²) in [5.41, 5.74) is 1.39. The summed E-state index contributed by atoms with van der Waals surface area (Å²) in [7, 11) is 0. The molecule has 2 heteroatoms. The first-order chi connectivity index (χ1) is 9.33. The Kier molecular flexibility index (Phi) is 3.86. The molecule has 2 aliphatic rings. The molecule has 1 atom stereocenters. The van der Waals surface area contributed by atoms with E-state index in [0.29, 0.717) is 17.7 Å². The highest BCUT2D eigenvalue weighted by atomic mass is 16.2. The van der Waals surface area contributed by atoms with Crippen LogP contribution >= 0.6 is 0 Å². The lowest BCUT2D eigenvalue weighted by Crippen LogP contribution is -2.29. The largest absolute Gasteiger partial charge is 0.342 e. The normalized spacial score (nSPS) is 24.0. The van der Waals surface area contributed by atoms with Crippen molar-refractivity contribution in [3.8, 4) is 0 Å². The van der Waals surface area contributed by atoms with E-state index in [9.17, 15) is 4.79 Å². The van der Waals surface area contributed by atoms with Crippen molar-refractivity contribution in [3.63, 3.8) is 0 Å². The van der Waals surface area contributed by atoms with E-state index >= 15 is 0 Å². The van der Waals surface area contributed by atoms with Gasteiger partial charge in [0.05, 0.1) is 0 Å². The zero-order chi connectivity index (χ0) is 13.1. The molecular weight excluding hydrogens is 234 g/mol. The Hall–Kier alpha value is -1.31. The number of benzene rings is 1. The second kappa shape index (κ2) is 5.77. The summed E-state index contributed by atoms with van der Waals surface area (Å²) < 4.78 is 0. The Balaban J connectivity index is 1.55. The molecule has 1 unspecified atom stereocenters. The molecule has 19 heavy (non-hydrogen) atoms. The van der Waals surface area contributed by atoms with Crippen molar-refractivity contribution in [2.24, 2.45) is 5.92 Å². The maximum Gasteiger partial charge on any atom is 0.222 e. The van der Waals surface area contributed by atoms with Gasteiger partial charge in [-0.05, 0) is 30.7 Å². The van der Waals surface area contributed by atoms with Crippen molar-refractivity contribution in [1.29, 1.82) is 0 Å². The monoisotopic (exact) mass is 257 g/mol. The van der Waals surface area contributed by atoms with Gasteiger partial charge in [-0.15, -0.1) is 0 Å². The van der Waals surface area contributed by atoms with Gasteiger partial charge in [-0.25, -0.2) is 0 Å². The van der Waals surface area contributed by atoms with Crippen LogP contribution in [0.3, 0.4) is 0 Å². The molecule has 1 aliphatic carbocycles. The van der Waals surface area contributed by atoms with E-state index in [1.807, 2.05) is 0 Å². The number of hydrogen-bond acceptors (Lipinski definition) is 1. The Morgan fingerprint density at radius 1 is 1.11 bits per heavy atom. The third-order valence-corrected chi connectivity index (χ3v) is 4.75. The van der Waals surface area contributed by atoms with Crippen LogP contribution in [0, 0.1) is 5.92 Å². The Morgan fingerprint density at radius 3 is 2.58 bits per heavy atom. The quantitative estimate of drug-likeness (QED) is 0.810. The third-order valence-electron chi connectivity index (χ3n) is 4.75. The average molecular weight is 257 g/mol. The second-order valence-electron chi connectivity index (χ2n) is 6.09. The summed E-state index contributed by atoms with van der Waals surface area (Å²) in [4.78, 5) is 14.4. The lowest BCUT2D eigenvalue weighted by Gasteiger charge is -2.19. The van der Waals surface area contributed by atoms with Crippen LogP contribution in [0.2, 0.25) is 0 Å². The molecular formula is C17H23NO. The number of amides is 1. The van der Waals surface area contributed by atoms with Crippen molar-refractivity contribution in [2.45, 2.75) is 44.4 Å². The predicted octanol–water partition coefficient (Wildman–Crippen LogP) is 3.58. The van der Waals surface area contributed by atoms with Crippen LogP contribution in [0.15, 0.2) is 30.3 Å². The number of likely N-dealkylation sites (tertiary alicyclic amines) is 1. The molecule has 1 saturated heterocycles. The molecule has 1 aliphatic heterocycles. The van der Waals surface area contributed by atoms with E-state index in [-0.39, 0.29) is 0 Å². The van der Waals surface area contributed by atoms with Crippen LogP contribution in [-0.4, -0.2) is 23.9 Å². The second-order valence-corrected chi connectivity index (χ2v) is 6.09. The van der Waals surface area contributed by atoms with Gasteiger partial charge in [-0.2, -0.15) is 0 Å². The Labute approximate surface area is 115 Å². The fraction of sp³-hybridized carbons (Fsp3) is 0.588. The van der Waals surface area contributed by atoms with E-state index < -0.39 is 0 Å². The molecule has 1 aromatic rings. The molecule has 0 radical (unpaired) electrons. The molecule has 1 heterocycles. The summed E-state index contributed by atoms with van der Waals surface area (Å²) in [5.74, 6) is 1.61. The number of rotatable bonds is 3. The molecule has 0 N–H and O–H groups in total. The molecule has 2 nitrogen and oxygen atoms in total. The highest BCUT2D eigenvalue weighted by Crippen LogP contribution is 2.31. The molecule has 0 aromatic heterocycles. The number of carbonyl (C=O) groups excluding carboxylic acids is 1. The van der Waals surface area contributed by atoms with Crippen LogP contribution in [0.25, 0.3) is 0 Å². The van der Waals surface area contributed by atoms with E-state index in [4.69, 9.17) is 0 Å². The summed E-state index contributed by atoms with van der Waals surface area (Å²) in [5, 5.41) is 0. The molecule has 1 aromatic carbocycles. The highest BCUT2D eigenvalue weighted by Gasteiger charge is 2.29. The van der Waals surface area contributed by atoms with Gasteiger partial charge in [-0.3, -0.25) is 4.79 Å². The van der Waals surface area contributed by atoms with E-state index in [2.05, 4.69) is 35.2 Å². The first-order valence-electron chi connectivity index (χ1n) is 7.65. The number of hydrogen-bond donors (Lipinski definition) is 0. The third kappa shape index (κ3) is 2.99. The Morgan fingerprint density at radius 2 is 1.84 bits per heavy atom. The van der Waals surface area contributed by atoms with Gasteiger partial charge in [0, 0.05) is 25.4 Å². The molecule has 0 bridgehead atoms. The molecule has 0 spiro atoms. The van der Waals surface area contributed by atoms with Crippen LogP contribution < -0.4 is 0 Å². The van der Waals surface area contributed by atoms with Crippen LogP contribution in [0.4, 0.5) is 0 Å². The van der Waals surface area contributed by atoms with Crippen molar-refractivity contribution in [2.75, 3.05) is 13.1 Å². The summed E-state index contributed by atoms with van der Waals surface area (Å²) in [6.07, 6.45) is 7.10. The van der Waals surface area contributed by atoms with E-state index in [0.717, 1.165) is 25.9 Å².